The Labute approximate surface area is 124 Å². The number of amidine groups is 1. The lowest BCUT2D eigenvalue weighted by atomic mass is 10.2. The largest absolute Gasteiger partial charge is 0.368 e. The van der Waals surface area contributed by atoms with E-state index in [4.69, 9.17) is 0 Å². The van der Waals surface area contributed by atoms with Gasteiger partial charge in [-0.3, -0.25) is 9.79 Å². The number of hydrogen-bond acceptors (Lipinski definition) is 5. The minimum absolute atomic E-state index is 0.00412. The summed E-state index contributed by atoms with van der Waals surface area (Å²) in [5.74, 6) is 1.32. The normalized spacial score (nSPS) is 14.8. The molecule has 2 aromatic heterocycles. The number of aryl methyl sites for hydroxylation is 2. The molecule has 0 fully saturated rings. The minimum Gasteiger partial charge on any atom is -0.368 e. The molecule has 2 aromatic rings. The summed E-state index contributed by atoms with van der Waals surface area (Å²) in [5.41, 5.74) is 1.23. The van der Waals surface area contributed by atoms with Crippen molar-refractivity contribution < 1.29 is 0 Å². The van der Waals surface area contributed by atoms with Crippen molar-refractivity contribution in [3.05, 3.63) is 26.6 Å². The third kappa shape index (κ3) is 2.35. The molecule has 1 aliphatic carbocycles. The number of aliphatic imine (C=N–C) groups is 1. The van der Waals surface area contributed by atoms with Crippen LogP contribution < -0.4 is 10.9 Å². The van der Waals surface area contributed by atoms with E-state index in [0.29, 0.717) is 11.6 Å². The molecule has 20 heavy (non-hydrogen) atoms. The second-order valence-electron chi connectivity index (χ2n) is 4.62. The molecule has 7 heteroatoms. The average molecular weight is 308 g/mol. The summed E-state index contributed by atoms with van der Waals surface area (Å²) in [7, 11) is 3.57. The Morgan fingerprint density at radius 1 is 1.55 bits per heavy atom. The van der Waals surface area contributed by atoms with Gasteiger partial charge in [-0.1, -0.05) is 11.8 Å². The molecule has 2 N–H and O–H groups in total. The maximum atomic E-state index is 12.3. The summed E-state index contributed by atoms with van der Waals surface area (Å²) in [6.07, 6.45) is 3.26. The van der Waals surface area contributed by atoms with Crippen molar-refractivity contribution in [2.45, 2.75) is 25.0 Å². The van der Waals surface area contributed by atoms with Crippen molar-refractivity contribution in [3.8, 4) is 0 Å². The van der Waals surface area contributed by atoms with Crippen molar-refractivity contribution in [1.29, 1.82) is 0 Å². The number of H-pyrrole nitrogens is 1. The molecule has 0 unspecified atom stereocenters. The number of hydrogen-bond donors (Lipinski definition) is 2. The molecule has 0 atom stereocenters. The van der Waals surface area contributed by atoms with Gasteiger partial charge in [0.25, 0.3) is 5.56 Å². The van der Waals surface area contributed by atoms with E-state index >= 15 is 0 Å². The number of aromatic nitrogens is 2. The Morgan fingerprint density at radius 3 is 3.15 bits per heavy atom. The highest BCUT2D eigenvalue weighted by Gasteiger charge is 2.21. The number of thiophene rings is 1. The van der Waals surface area contributed by atoms with E-state index in [1.165, 1.54) is 22.2 Å². The predicted molar refractivity (Wildman–Crippen MR) is 86.0 cm³/mol. The van der Waals surface area contributed by atoms with Gasteiger partial charge in [-0.2, -0.15) is 0 Å². The molecule has 0 aromatic carbocycles. The van der Waals surface area contributed by atoms with Crippen molar-refractivity contribution >= 4 is 38.5 Å². The molecule has 0 saturated heterocycles. The number of nitrogens with one attached hydrogen (secondary N) is 2. The lowest BCUT2D eigenvalue weighted by Crippen LogP contribution is -2.16. The highest BCUT2D eigenvalue weighted by Crippen LogP contribution is 2.34. The van der Waals surface area contributed by atoms with E-state index in [-0.39, 0.29) is 5.56 Å². The summed E-state index contributed by atoms with van der Waals surface area (Å²) in [6.45, 7) is 0. The van der Waals surface area contributed by atoms with Gasteiger partial charge in [0, 0.05) is 19.0 Å². The van der Waals surface area contributed by atoms with Crippen LogP contribution in [0.2, 0.25) is 0 Å². The Balaban J connectivity index is 1.93. The van der Waals surface area contributed by atoms with E-state index in [9.17, 15) is 4.79 Å². The first-order valence-electron chi connectivity index (χ1n) is 6.53. The third-order valence-electron chi connectivity index (χ3n) is 3.39. The van der Waals surface area contributed by atoms with Gasteiger partial charge < -0.3 is 10.3 Å². The standard InChI is InChI=1S/C13H16N4OS2/c1-14-13(15-2)19-6-9-16-11(18)10-7-4-3-5-8(7)20-12(10)17-9/h3-6H2,1-2H3,(H,14,15)(H,16,17,18). The van der Waals surface area contributed by atoms with E-state index < -0.39 is 0 Å². The van der Waals surface area contributed by atoms with Crippen molar-refractivity contribution in [2.75, 3.05) is 14.1 Å². The number of thioether (sulfide) groups is 1. The summed E-state index contributed by atoms with van der Waals surface area (Å²) in [5, 5.41) is 4.65. The van der Waals surface area contributed by atoms with Gasteiger partial charge in [0.15, 0.2) is 5.17 Å². The predicted octanol–water partition coefficient (Wildman–Crippen LogP) is 1.91. The van der Waals surface area contributed by atoms with Gasteiger partial charge in [-0.25, -0.2) is 4.98 Å². The van der Waals surface area contributed by atoms with Crippen LogP contribution in [0.25, 0.3) is 10.2 Å². The van der Waals surface area contributed by atoms with E-state index in [2.05, 4.69) is 20.3 Å². The van der Waals surface area contributed by atoms with Gasteiger partial charge >= 0.3 is 0 Å². The fourth-order valence-electron chi connectivity index (χ4n) is 2.50. The van der Waals surface area contributed by atoms with E-state index in [0.717, 1.165) is 34.6 Å². The summed E-state index contributed by atoms with van der Waals surface area (Å²) in [4.78, 5) is 26.1. The Bertz CT molecular complexity index is 732. The number of rotatable bonds is 2. The molecule has 0 amide bonds. The number of nitrogens with zero attached hydrogens (tertiary/aromatic N) is 2. The second kappa shape index (κ2) is 5.57. The van der Waals surface area contributed by atoms with Crippen LogP contribution >= 0.6 is 23.1 Å². The molecule has 1 aliphatic rings. The molecule has 0 saturated carbocycles. The lowest BCUT2D eigenvalue weighted by Gasteiger charge is -2.04. The number of fused-ring (bicyclic) bond motifs is 3. The zero-order valence-electron chi connectivity index (χ0n) is 11.4. The van der Waals surface area contributed by atoms with Crippen molar-refractivity contribution in [3.63, 3.8) is 0 Å². The fourth-order valence-corrected chi connectivity index (χ4v) is 4.46. The fraction of sp³-hybridized carbons (Fsp3) is 0.462. The Morgan fingerprint density at radius 2 is 2.40 bits per heavy atom. The van der Waals surface area contributed by atoms with Crippen molar-refractivity contribution in [2.24, 2.45) is 4.99 Å². The minimum atomic E-state index is 0.00412. The quantitative estimate of drug-likeness (QED) is 0.657. The highest BCUT2D eigenvalue weighted by molar-refractivity contribution is 8.13. The Kier molecular flexibility index (Phi) is 3.80. The van der Waals surface area contributed by atoms with Crippen molar-refractivity contribution in [1.82, 2.24) is 15.3 Å². The third-order valence-corrected chi connectivity index (χ3v) is 5.65. The van der Waals surface area contributed by atoms with Crippen LogP contribution in [-0.4, -0.2) is 29.2 Å². The molecule has 0 spiro atoms. The van der Waals surface area contributed by atoms with Crippen LogP contribution in [0.15, 0.2) is 9.79 Å². The smallest absolute Gasteiger partial charge is 0.259 e. The van der Waals surface area contributed by atoms with Gasteiger partial charge in [-0.05, 0) is 24.8 Å². The molecule has 106 valence electrons. The molecule has 3 rings (SSSR count). The summed E-state index contributed by atoms with van der Waals surface area (Å²) >= 11 is 3.21. The monoisotopic (exact) mass is 308 g/mol. The van der Waals surface area contributed by atoms with Crippen LogP contribution in [0.4, 0.5) is 0 Å². The molecule has 2 heterocycles. The van der Waals surface area contributed by atoms with Gasteiger partial charge in [0.2, 0.25) is 0 Å². The van der Waals surface area contributed by atoms with Crippen LogP contribution in [0.1, 0.15) is 22.7 Å². The molecule has 0 radical (unpaired) electrons. The molecule has 0 bridgehead atoms. The molecule has 5 nitrogen and oxygen atoms in total. The Hall–Kier alpha value is -1.34. The second-order valence-corrected chi connectivity index (χ2v) is 6.67. The molecular formula is C13H16N4OS2. The van der Waals surface area contributed by atoms with Crippen LogP contribution in [0.3, 0.4) is 0 Å². The SMILES string of the molecule is CN=C(NC)SCc1nc2sc3c(c2c(=O)[nH]1)CCC3. The zero-order valence-corrected chi connectivity index (χ0v) is 13.1. The van der Waals surface area contributed by atoms with Gasteiger partial charge in [-0.15, -0.1) is 11.3 Å². The highest BCUT2D eigenvalue weighted by atomic mass is 32.2. The van der Waals surface area contributed by atoms with E-state index in [1.807, 2.05) is 7.05 Å². The summed E-state index contributed by atoms with van der Waals surface area (Å²) in [6, 6.07) is 0. The topological polar surface area (TPSA) is 70.1 Å². The molecular weight excluding hydrogens is 292 g/mol. The maximum Gasteiger partial charge on any atom is 0.259 e. The van der Waals surface area contributed by atoms with Crippen LogP contribution in [0, 0.1) is 0 Å². The number of aromatic amines is 1. The van der Waals surface area contributed by atoms with Crippen LogP contribution in [0.5, 0.6) is 0 Å². The van der Waals surface area contributed by atoms with Gasteiger partial charge in [0.1, 0.15) is 10.7 Å². The van der Waals surface area contributed by atoms with Gasteiger partial charge in [0.05, 0.1) is 11.1 Å². The molecule has 0 aliphatic heterocycles. The average Bonchev–Trinajstić information content (AvgIpc) is 2.99. The first-order valence-corrected chi connectivity index (χ1v) is 8.34. The lowest BCUT2D eigenvalue weighted by molar-refractivity contribution is 0.916. The van der Waals surface area contributed by atoms with E-state index in [1.54, 1.807) is 18.4 Å². The first-order chi connectivity index (χ1) is 9.72. The summed E-state index contributed by atoms with van der Waals surface area (Å²) < 4.78 is 0. The first kappa shape index (κ1) is 13.6. The zero-order chi connectivity index (χ0) is 14.1. The maximum absolute atomic E-state index is 12.3. The van der Waals surface area contributed by atoms with Crippen LogP contribution in [-0.2, 0) is 18.6 Å².